The van der Waals surface area contributed by atoms with Gasteiger partial charge in [0.25, 0.3) is 5.56 Å². The minimum atomic E-state index is 0.0422. The number of benzene rings is 1. The van der Waals surface area contributed by atoms with E-state index in [2.05, 4.69) is 18.9 Å². The molecule has 3 aromatic rings. The van der Waals surface area contributed by atoms with Gasteiger partial charge in [-0.2, -0.15) is 0 Å². The summed E-state index contributed by atoms with van der Waals surface area (Å²) in [4.78, 5) is 19.1. The van der Waals surface area contributed by atoms with Crippen LogP contribution in [0.25, 0.3) is 21.3 Å². The lowest BCUT2D eigenvalue weighted by molar-refractivity contribution is 0.563. The third kappa shape index (κ3) is 6.82. The Labute approximate surface area is 201 Å². The number of fused-ring (bicyclic) bond motifs is 1. The lowest BCUT2D eigenvalue weighted by Gasteiger charge is -2.11. The van der Waals surface area contributed by atoms with Crippen LogP contribution >= 0.6 is 23.1 Å². The third-order valence-electron chi connectivity index (χ3n) is 5.78. The number of allylic oxidation sites excluding steroid dienone is 1. The summed E-state index contributed by atoms with van der Waals surface area (Å²) in [6.45, 7) is 6.61. The smallest absolute Gasteiger partial charge is 0.263 e. The first-order valence-corrected chi connectivity index (χ1v) is 13.9. The fraction of sp³-hybridized carbons (Fsp3) is 0.481. The Hall–Kier alpha value is -1.85. The zero-order valence-electron chi connectivity index (χ0n) is 19.4. The van der Waals surface area contributed by atoms with Crippen LogP contribution in [0.1, 0.15) is 71.1 Å². The van der Waals surface area contributed by atoms with Gasteiger partial charge in [0.1, 0.15) is 4.83 Å². The molecule has 0 atom stereocenters. The van der Waals surface area contributed by atoms with Crippen molar-refractivity contribution in [3.05, 3.63) is 58.7 Å². The maximum Gasteiger partial charge on any atom is 0.263 e. The molecule has 0 unspecified atom stereocenters. The second-order valence-electron chi connectivity index (χ2n) is 8.32. The predicted molar refractivity (Wildman–Crippen MR) is 142 cm³/mol. The molecular weight excluding hydrogens is 432 g/mol. The van der Waals surface area contributed by atoms with Crippen molar-refractivity contribution in [2.75, 3.05) is 5.75 Å². The van der Waals surface area contributed by atoms with Gasteiger partial charge in [0.15, 0.2) is 5.16 Å². The van der Waals surface area contributed by atoms with Gasteiger partial charge in [0, 0.05) is 23.2 Å². The van der Waals surface area contributed by atoms with E-state index in [-0.39, 0.29) is 5.56 Å². The minimum Gasteiger partial charge on any atom is -0.283 e. The summed E-state index contributed by atoms with van der Waals surface area (Å²) < 4.78 is 1.79. The largest absolute Gasteiger partial charge is 0.283 e. The first-order chi connectivity index (χ1) is 15.8. The SMILES string of the molecule is C=CCn1c(SCCCCCCCCCCCC)nc2scc(-c3ccccc3)c2c1=O. The molecule has 0 amide bonds. The molecule has 0 aliphatic heterocycles. The van der Waals surface area contributed by atoms with Crippen molar-refractivity contribution in [1.29, 1.82) is 0 Å². The number of rotatable bonds is 15. The molecule has 0 aliphatic rings. The number of hydrogen-bond donors (Lipinski definition) is 0. The van der Waals surface area contributed by atoms with Gasteiger partial charge in [0.05, 0.1) is 5.39 Å². The molecule has 172 valence electrons. The molecule has 5 heteroatoms. The number of hydrogen-bond acceptors (Lipinski definition) is 4. The van der Waals surface area contributed by atoms with E-state index in [0.717, 1.165) is 32.3 Å². The monoisotopic (exact) mass is 468 g/mol. The van der Waals surface area contributed by atoms with Crippen LogP contribution in [-0.4, -0.2) is 15.3 Å². The Balaban J connectivity index is 1.57. The van der Waals surface area contributed by atoms with Gasteiger partial charge in [-0.1, -0.05) is 113 Å². The molecule has 0 aliphatic carbocycles. The second kappa shape index (κ2) is 13.6. The summed E-state index contributed by atoms with van der Waals surface area (Å²) in [6.07, 6.45) is 15.1. The van der Waals surface area contributed by atoms with Crippen molar-refractivity contribution in [3.8, 4) is 11.1 Å². The molecule has 3 rings (SSSR count). The summed E-state index contributed by atoms with van der Waals surface area (Å²) in [5.74, 6) is 1.00. The topological polar surface area (TPSA) is 34.9 Å². The summed E-state index contributed by atoms with van der Waals surface area (Å²) >= 11 is 3.27. The number of aromatic nitrogens is 2. The van der Waals surface area contributed by atoms with Gasteiger partial charge in [0.2, 0.25) is 0 Å². The van der Waals surface area contributed by atoms with E-state index in [4.69, 9.17) is 4.98 Å². The molecule has 0 N–H and O–H groups in total. The van der Waals surface area contributed by atoms with E-state index in [9.17, 15) is 4.79 Å². The molecule has 0 bridgehead atoms. The maximum absolute atomic E-state index is 13.4. The lowest BCUT2D eigenvalue weighted by atomic mass is 10.1. The fourth-order valence-corrected chi connectivity index (χ4v) is 5.98. The molecule has 0 saturated carbocycles. The number of unbranched alkanes of at least 4 members (excludes halogenated alkanes) is 9. The summed E-state index contributed by atoms with van der Waals surface area (Å²) in [7, 11) is 0. The van der Waals surface area contributed by atoms with Crippen LogP contribution < -0.4 is 5.56 Å². The zero-order valence-corrected chi connectivity index (χ0v) is 21.0. The van der Waals surface area contributed by atoms with Crippen LogP contribution in [0.4, 0.5) is 0 Å². The van der Waals surface area contributed by atoms with E-state index in [1.807, 2.05) is 30.3 Å². The first kappa shape index (κ1) is 24.8. The Morgan fingerprint density at radius 3 is 2.31 bits per heavy atom. The number of thioether (sulfide) groups is 1. The second-order valence-corrected chi connectivity index (χ2v) is 10.2. The highest BCUT2D eigenvalue weighted by Crippen LogP contribution is 2.32. The van der Waals surface area contributed by atoms with Crippen molar-refractivity contribution in [3.63, 3.8) is 0 Å². The van der Waals surface area contributed by atoms with Crippen molar-refractivity contribution in [2.45, 2.75) is 82.8 Å². The van der Waals surface area contributed by atoms with Crippen molar-refractivity contribution >= 4 is 33.3 Å². The van der Waals surface area contributed by atoms with Crippen molar-refractivity contribution in [1.82, 2.24) is 9.55 Å². The molecule has 0 fully saturated rings. The average molecular weight is 469 g/mol. The average Bonchev–Trinajstić information content (AvgIpc) is 3.24. The van der Waals surface area contributed by atoms with Crippen molar-refractivity contribution in [2.24, 2.45) is 0 Å². The Kier molecular flexibility index (Phi) is 10.6. The van der Waals surface area contributed by atoms with Gasteiger partial charge in [-0.15, -0.1) is 17.9 Å². The van der Waals surface area contributed by atoms with Crippen LogP contribution in [0.5, 0.6) is 0 Å². The van der Waals surface area contributed by atoms with Gasteiger partial charge in [-0.05, 0) is 12.0 Å². The Morgan fingerprint density at radius 2 is 1.66 bits per heavy atom. The maximum atomic E-state index is 13.4. The summed E-state index contributed by atoms with van der Waals surface area (Å²) in [5, 5.41) is 3.61. The number of nitrogens with zero attached hydrogens (tertiary/aromatic N) is 2. The van der Waals surface area contributed by atoms with Crippen LogP contribution in [0.15, 0.2) is 58.3 Å². The molecule has 0 spiro atoms. The lowest BCUT2D eigenvalue weighted by Crippen LogP contribution is -2.22. The molecule has 2 heterocycles. The Morgan fingerprint density at radius 1 is 1.00 bits per heavy atom. The van der Waals surface area contributed by atoms with Crippen LogP contribution in [0.3, 0.4) is 0 Å². The van der Waals surface area contributed by atoms with Gasteiger partial charge in [-0.3, -0.25) is 9.36 Å². The van der Waals surface area contributed by atoms with E-state index in [1.54, 1.807) is 33.7 Å². The normalized spacial score (nSPS) is 11.3. The quantitative estimate of drug-likeness (QED) is 0.0973. The molecule has 2 aromatic heterocycles. The molecule has 32 heavy (non-hydrogen) atoms. The molecule has 3 nitrogen and oxygen atoms in total. The van der Waals surface area contributed by atoms with E-state index in [0.29, 0.717) is 6.54 Å². The highest BCUT2D eigenvalue weighted by molar-refractivity contribution is 7.99. The van der Waals surface area contributed by atoms with E-state index < -0.39 is 0 Å². The molecule has 1 aromatic carbocycles. The summed E-state index contributed by atoms with van der Waals surface area (Å²) in [5.41, 5.74) is 2.08. The van der Waals surface area contributed by atoms with Gasteiger partial charge < -0.3 is 0 Å². The van der Waals surface area contributed by atoms with Gasteiger partial charge in [-0.25, -0.2) is 4.98 Å². The van der Waals surface area contributed by atoms with Gasteiger partial charge >= 0.3 is 0 Å². The molecule has 0 radical (unpaired) electrons. The minimum absolute atomic E-state index is 0.0422. The van der Waals surface area contributed by atoms with E-state index in [1.165, 1.54) is 64.2 Å². The standard InChI is InChI=1S/C27H36N2OS2/c1-3-5-6-7-8-9-10-11-12-16-20-31-27-28-25-24(26(30)29(27)19-4-2)23(21-32-25)22-17-14-13-15-18-22/h4,13-15,17-18,21H,2-3,5-12,16,19-20H2,1H3. The predicted octanol–water partition coefficient (Wildman–Crippen LogP) is 8.32. The van der Waals surface area contributed by atoms with Crippen LogP contribution in [0, 0.1) is 0 Å². The highest BCUT2D eigenvalue weighted by Gasteiger charge is 2.16. The zero-order chi connectivity index (χ0) is 22.6. The third-order valence-corrected chi connectivity index (χ3v) is 7.72. The highest BCUT2D eigenvalue weighted by atomic mass is 32.2. The van der Waals surface area contributed by atoms with E-state index >= 15 is 0 Å². The number of thiophene rings is 1. The fourth-order valence-electron chi connectivity index (χ4n) is 3.99. The van der Waals surface area contributed by atoms with Crippen molar-refractivity contribution < 1.29 is 0 Å². The first-order valence-electron chi connectivity index (χ1n) is 12.1. The summed E-state index contributed by atoms with van der Waals surface area (Å²) in [6, 6.07) is 10.1. The Bertz CT molecular complexity index is 1020. The molecular formula is C27H36N2OS2. The van der Waals surface area contributed by atoms with Crippen LogP contribution in [0.2, 0.25) is 0 Å². The molecule has 0 saturated heterocycles. The van der Waals surface area contributed by atoms with Crippen LogP contribution in [-0.2, 0) is 6.54 Å².